The molecule has 2 aliphatic rings. The highest BCUT2D eigenvalue weighted by molar-refractivity contribution is 5.80. The fourth-order valence-electron chi connectivity index (χ4n) is 4.19. The second kappa shape index (κ2) is 8.94. The van der Waals surface area contributed by atoms with Crippen molar-refractivity contribution in [3.63, 3.8) is 0 Å². The Hall–Kier alpha value is -2.09. The first-order chi connectivity index (χ1) is 13.5. The van der Waals surface area contributed by atoms with Crippen LogP contribution in [0.25, 0.3) is 0 Å². The zero-order chi connectivity index (χ0) is 20.1. The predicted octanol–water partition coefficient (Wildman–Crippen LogP) is 3.31. The molecule has 0 aromatic heterocycles. The summed E-state index contributed by atoms with van der Waals surface area (Å²) in [6.07, 6.45) is 4.83. The van der Waals surface area contributed by atoms with E-state index in [0.717, 1.165) is 25.9 Å². The zero-order valence-corrected chi connectivity index (χ0v) is 16.6. The summed E-state index contributed by atoms with van der Waals surface area (Å²) >= 11 is 0. The molecule has 2 unspecified atom stereocenters. The third-order valence-corrected chi connectivity index (χ3v) is 5.91. The topological polar surface area (TPSA) is 64.1 Å². The van der Waals surface area contributed by atoms with Gasteiger partial charge in [-0.25, -0.2) is 0 Å². The summed E-state index contributed by atoms with van der Waals surface area (Å²) in [5, 5.41) is 6.68. The van der Waals surface area contributed by atoms with E-state index < -0.39 is 6.61 Å². The Bertz CT molecular complexity index is 695. The third kappa shape index (κ3) is 4.16. The Morgan fingerprint density at radius 2 is 2.14 bits per heavy atom. The highest BCUT2D eigenvalue weighted by Gasteiger charge is 2.59. The Morgan fingerprint density at radius 3 is 2.71 bits per heavy atom. The second-order valence-electron chi connectivity index (χ2n) is 7.24. The van der Waals surface area contributed by atoms with Crippen molar-refractivity contribution < 1.29 is 23.0 Å². The van der Waals surface area contributed by atoms with E-state index in [1.165, 1.54) is 19.6 Å². The second-order valence-corrected chi connectivity index (χ2v) is 7.24. The quantitative estimate of drug-likeness (QED) is 0.521. The molecule has 1 aromatic carbocycles. The van der Waals surface area contributed by atoms with Crippen LogP contribution in [0, 0.1) is 5.41 Å². The van der Waals surface area contributed by atoms with E-state index in [1.807, 2.05) is 6.92 Å². The van der Waals surface area contributed by atoms with Crippen LogP contribution in [0.3, 0.4) is 0 Å². The SMILES string of the molecule is CCOC1CC(NC(=NC)NCc2ccc(OC)cc2OC(F)F)C12CCC2. The molecule has 0 heterocycles. The maximum atomic E-state index is 12.7. The molecule has 6 nitrogen and oxygen atoms in total. The molecule has 28 heavy (non-hydrogen) atoms. The summed E-state index contributed by atoms with van der Waals surface area (Å²) in [4.78, 5) is 4.28. The van der Waals surface area contributed by atoms with E-state index in [1.54, 1.807) is 19.2 Å². The highest BCUT2D eigenvalue weighted by atomic mass is 19.3. The molecular weight excluding hydrogens is 368 g/mol. The Labute approximate surface area is 164 Å². The summed E-state index contributed by atoms with van der Waals surface area (Å²) in [6.45, 7) is 0.172. The number of nitrogens with zero attached hydrogens (tertiary/aromatic N) is 1. The van der Waals surface area contributed by atoms with E-state index in [2.05, 4.69) is 20.4 Å². The number of methoxy groups -OCH3 is 1. The van der Waals surface area contributed by atoms with Gasteiger partial charge in [-0.05, 0) is 38.3 Å². The van der Waals surface area contributed by atoms with Crippen LogP contribution in [0.1, 0.15) is 38.2 Å². The van der Waals surface area contributed by atoms with Gasteiger partial charge in [0, 0.05) is 43.3 Å². The Balaban J connectivity index is 1.60. The predicted molar refractivity (Wildman–Crippen MR) is 103 cm³/mol. The summed E-state index contributed by atoms with van der Waals surface area (Å²) in [6, 6.07) is 5.20. The van der Waals surface area contributed by atoms with Gasteiger partial charge in [0.05, 0.1) is 13.2 Å². The molecule has 2 saturated carbocycles. The molecule has 2 atom stereocenters. The number of alkyl halides is 2. The minimum absolute atomic E-state index is 0.0906. The molecule has 1 aromatic rings. The number of aliphatic imine (C=N–C) groups is 1. The van der Waals surface area contributed by atoms with E-state index in [-0.39, 0.29) is 11.2 Å². The lowest BCUT2D eigenvalue weighted by Crippen LogP contribution is -2.68. The van der Waals surface area contributed by atoms with Crippen molar-refractivity contribution in [2.75, 3.05) is 20.8 Å². The van der Waals surface area contributed by atoms with Crippen molar-refractivity contribution in [2.45, 2.75) is 57.9 Å². The van der Waals surface area contributed by atoms with Gasteiger partial charge in [0.1, 0.15) is 11.5 Å². The average Bonchev–Trinajstić information content (AvgIpc) is 2.62. The van der Waals surface area contributed by atoms with Gasteiger partial charge in [-0.15, -0.1) is 0 Å². The first-order valence-electron chi connectivity index (χ1n) is 9.73. The smallest absolute Gasteiger partial charge is 0.387 e. The fourth-order valence-corrected chi connectivity index (χ4v) is 4.19. The van der Waals surface area contributed by atoms with Gasteiger partial charge in [0.2, 0.25) is 0 Å². The lowest BCUT2D eigenvalue weighted by Gasteiger charge is -2.61. The van der Waals surface area contributed by atoms with Crippen LogP contribution in [-0.2, 0) is 11.3 Å². The number of nitrogens with one attached hydrogen (secondary N) is 2. The van der Waals surface area contributed by atoms with Crippen molar-refractivity contribution in [3.05, 3.63) is 23.8 Å². The largest absolute Gasteiger partial charge is 0.497 e. The third-order valence-electron chi connectivity index (χ3n) is 5.91. The summed E-state index contributed by atoms with van der Waals surface area (Å²) in [7, 11) is 3.18. The molecule has 0 saturated heterocycles. The van der Waals surface area contributed by atoms with Gasteiger partial charge in [-0.2, -0.15) is 8.78 Å². The molecule has 156 valence electrons. The molecule has 0 radical (unpaired) electrons. The van der Waals surface area contributed by atoms with Gasteiger partial charge in [0.25, 0.3) is 0 Å². The lowest BCUT2D eigenvalue weighted by molar-refractivity contribution is -0.168. The van der Waals surface area contributed by atoms with Gasteiger partial charge in [0.15, 0.2) is 5.96 Å². The first kappa shape index (κ1) is 20.6. The van der Waals surface area contributed by atoms with E-state index in [9.17, 15) is 8.78 Å². The molecule has 1 spiro atoms. The van der Waals surface area contributed by atoms with Gasteiger partial charge in [-0.1, -0.05) is 6.42 Å². The molecule has 0 aliphatic heterocycles. The van der Waals surface area contributed by atoms with Crippen LogP contribution in [0.15, 0.2) is 23.2 Å². The fraction of sp³-hybridized carbons (Fsp3) is 0.650. The summed E-state index contributed by atoms with van der Waals surface area (Å²) in [5.41, 5.74) is 0.806. The summed E-state index contributed by atoms with van der Waals surface area (Å²) in [5.74, 6) is 1.20. The van der Waals surface area contributed by atoms with Crippen LogP contribution in [0.2, 0.25) is 0 Å². The molecule has 3 rings (SSSR count). The molecule has 2 aliphatic carbocycles. The standard InChI is InChI=1S/C20H29F2N3O3/c1-4-27-17-11-16(20(17)8-5-9-20)25-19(23-2)24-12-13-6-7-14(26-3)10-15(13)28-18(21)22/h6-7,10,16-18H,4-5,8-9,11-12H2,1-3H3,(H2,23,24,25). The summed E-state index contributed by atoms with van der Waals surface area (Å²) < 4.78 is 41.1. The van der Waals surface area contributed by atoms with Crippen LogP contribution in [0.4, 0.5) is 8.78 Å². The van der Waals surface area contributed by atoms with Gasteiger partial charge >= 0.3 is 6.61 Å². The number of hydrogen-bond donors (Lipinski definition) is 2. The van der Waals surface area contributed by atoms with E-state index in [0.29, 0.717) is 36.0 Å². The van der Waals surface area contributed by atoms with E-state index in [4.69, 9.17) is 9.47 Å². The molecule has 2 N–H and O–H groups in total. The van der Waals surface area contributed by atoms with Gasteiger partial charge in [-0.3, -0.25) is 4.99 Å². The first-order valence-corrected chi connectivity index (χ1v) is 9.73. The average molecular weight is 397 g/mol. The maximum absolute atomic E-state index is 12.7. The number of halogens is 2. The van der Waals surface area contributed by atoms with Crippen LogP contribution < -0.4 is 20.1 Å². The molecule has 2 fully saturated rings. The highest BCUT2D eigenvalue weighted by Crippen LogP contribution is 2.57. The minimum atomic E-state index is -2.90. The van der Waals surface area contributed by atoms with Gasteiger partial charge < -0.3 is 24.8 Å². The number of ether oxygens (including phenoxy) is 3. The molecule has 0 amide bonds. The Morgan fingerprint density at radius 1 is 1.36 bits per heavy atom. The van der Waals surface area contributed by atoms with Crippen molar-refractivity contribution >= 4 is 5.96 Å². The van der Waals surface area contributed by atoms with Crippen LogP contribution in [0.5, 0.6) is 11.5 Å². The van der Waals surface area contributed by atoms with Crippen molar-refractivity contribution in [2.24, 2.45) is 10.4 Å². The van der Waals surface area contributed by atoms with Crippen LogP contribution >= 0.6 is 0 Å². The van der Waals surface area contributed by atoms with Crippen molar-refractivity contribution in [1.82, 2.24) is 10.6 Å². The monoisotopic (exact) mass is 397 g/mol. The number of guanidine groups is 1. The molecule has 0 bridgehead atoms. The number of benzene rings is 1. The number of rotatable bonds is 8. The lowest BCUT2D eigenvalue weighted by atomic mass is 9.51. The van der Waals surface area contributed by atoms with E-state index >= 15 is 0 Å². The molecular formula is C20H29F2N3O3. The molecule has 8 heteroatoms. The number of hydrogen-bond acceptors (Lipinski definition) is 4. The van der Waals surface area contributed by atoms with Crippen LogP contribution in [-0.4, -0.2) is 45.5 Å². The Kier molecular flexibility index (Phi) is 6.59. The normalized spacial score (nSPS) is 23.1. The maximum Gasteiger partial charge on any atom is 0.387 e. The zero-order valence-electron chi connectivity index (χ0n) is 16.6. The van der Waals surface area contributed by atoms with Crippen molar-refractivity contribution in [1.29, 1.82) is 0 Å². The minimum Gasteiger partial charge on any atom is -0.497 e. The van der Waals surface area contributed by atoms with Crippen molar-refractivity contribution in [3.8, 4) is 11.5 Å².